The lowest BCUT2D eigenvalue weighted by molar-refractivity contribution is 0.0672. The summed E-state index contributed by atoms with van der Waals surface area (Å²) in [6.45, 7) is 0. The molecule has 2 aromatic carbocycles. The number of benzene rings is 2. The molecule has 0 heterocycles. The highest BCUT2D eigenvalue weighted by Crippen LogP contribution is 2.66. The van der Waals surface area contributed by atoms with Crippen LogP contribution < -0.4 is 0 Å². The van der Waals surface area contributed by atoms with Crippen molar-refractivity contribution in [3.8, 4) is 0 Å². The molecule has 2 aromatic rings. The number of carbonyl (C=O) groups is 2. The molecule has 0 aliphatic rings. The molecule has 0 aliphatic heterocycles. The smallest absolute Gasteiger partial charge is 0.366 e. The first kappa shape index (κ1) is 23.3. The van der Waals surface area contributed by atoms with E-state index in [0.29, 0.717) is 0 Å². The lowest BCUT2D eigenvalue weighted by Gasteiger charge is -2.16. The third-order valence-electron chi connectivity index (χ3n) is 3.04. The Labute approximate surface area is 163 Å². The van der Waals surface area contributed by atoms with E-state index in [1.807, 2.05) is 0 Å². The van der Waals surface area contributed by atoms with Gasteiger partial charge in [0.25, 0.3) is 0 Å². The molecule has 2 atom stereocenters. The minimum atomic E-state index is -5.78. The number of ketones is 1. The standard InChI is InChI=1S/C14H13O12P3/c15-13(10-6-2-1-3-7-10)11-8-4-5-9-12(11)14(16)24-28(20,21)26-29(22,23)25-27(17,18)19/h1-9H,(H,20,21)(H,22,23)(H2,17,18,19). The zero-order chi connectivity index (χ0) is 21.9. The van der Waals surface area contributed by atoms with Crippen molar-refractivity contribution in [2.24, 2.45) is 0 Å². The van der Waals surface area contributed by atoms with Crippen LogP contribution in [0.15, 0.2) is 54.6 Å². The van der Waals surface area contributed by atoms with Gasteiger partial charge in [-0.15, -0.1) is 0 Å². The van der Waals surface area contributed by atoms with E-state index >= 15 is 0 Å². The van der Waals surface area contributed by atoms with Gasteiger partial charge in [0, 0.05) is 11.1 Å². The second-order valence-corrected chi connectivity index (χ2v) is 9.55. The Balaban J connectivity index is 2.25. The quantitative estimate of drug-likeness (QED) is 0.328. The molecule has 0 fully saturated rings. The third kappa shape index (κ3) is 7.09. The molecular weight excluding hydrogens is 453 g/mol. The summed E-state index contributed by atoms with van der Waals surface area (Å²) in [5.74, 6) is -2.20. The molecule has 2 rings (SSSR count). The first-order chi connectivity index (χ1) is 13.3. The highest BCUT2D eigenvalue weighted by molar-refractivity contribution is 7.66. The van der Waals surface area contributed by atoms with E-state index in [9.17, 15) is 28.2 Å². The van der Waals surface area contributed by atoms with Crippen molar-refractivity contribution < 1.29 is 56.0 Å². The van der Waals surface area contributed by atoms with Gasteiger partial charge >= 0.3 is 29.4 Å². The number of carbonyl (C=O) groups excluding carboxylic acids is 2. The Hall–Kier alpha value is -1.97. The summed E-state index contributed by atoms with van der Waals surface area (Å²) in [6, 6.07) is 12.8. The summed E-state index contributed by atoms with van der Waals surface area (Å²) in [6.07, 6.45) is 0. The summed E-state index contributed by atoms with van der Waals surface area (Å²) in [4.78, 5) is 60.3. The van der Waals surface area contributed by atoms with Crippen molar-refractivity contribution in [2.45, 2.75) is 0 Å². The molecular formula is C14H13O12P3. The molecule has 156 valence electrons. The van der Waals surface area contributed by atoms with Gasteiger partial charge in [-0.05, 0) is 6.07 Å². The number of hydrogen-bond donors (Lipinski definition) is 4. The Morgan fingerprint density at radius 3 is 1.76 bits per heavy atom. The van der Waals surface area contributed by atoms with Crippen molar-refractivity contribution in [1.29, 1.82) is 0 Å². The Kier molecular flexibility index (Phi) is 7.08. The summed E-state index contributed by atoms with van der Waals surface area (Å²) < 4.78 is 44.9. The fourth-order valence-corrected chi connectivity index (χ4v) is 5.00. The Morgan fingerprint density at radius 1 is 0.690 bits per heavy atom. The van der Waals surface area contributed by atoms with E-state index in [0.717, 1.165) is 6.07 Å². The zero-order valence-corrected chi connectivity index (χ0v) is 16.8. The van der Waals surface area contributed by atoms with Crippen molar-refractivity contribution in [2.75, 3.05) is 0 Å². The second-order valence-electron chi connectivity index (χ2n) is 5.21. The molecule has 0 spiro atoms. The van der Waals surface area contributed by atoms with Crippen molar-refractivity contribution in [3.63, 3.8) is 0 Å². The molecule has 0 aliphatic carbocycles. The van der Waals surface area contributed by atoms with Gasteiger partial charge < -0.3 is 19.2 Å². The van der Waals surface area contributed by atoms with Crippen LogP contribution in [0.3, 0.4) is 0 Å². The second kappa shape index (κ2) is 8.81. The summed E-state index contributed by atoms with van der Waals surface area (Å²) in [5, 5.41) is 0. The molecule has 0 saturated heterocycles. The summed E-state index contributed by atoms with van der Waals surface area (Å²) in [5.41, 5.74) is -0.476. The van der Waals surface area contributed by atoms with Crippen molar-refractivity contribution in [1.82, 2.24) is 0 Å². The summed E-state index contributed by atoms with van der Waals surface area (Å²) in [7, 11) is -17.0. The molecule has 29 heavy (non-hydrogen) atoms. The van der Waals surface area contributed by atoms with Gasteiger partial charge in [0.1, 0.15) is 0 Å². The molecule has 4 N–H and O–H groups in total. The third-order valence-corrected chi connectivity index (χ3v) is 6.77. The van der Waals surface area contributed by atoms with Gasteiger partial charge in [0.05, 0.1) is 5.56 Å². The van der Waals surface area contributed by atoms with Crippen molar-refractivity contribution in [3.05, 3.63) is 71.3 Å². The van der Waals surface area contributed by atoms with E-state index in [2.05, 4.69) is 13.1 Å². The van der Waals surface area contributed by atoms with E-state index < -0.39 is 40.8 Å². The Bertz CT molecular complexity index is 1060. The topological polar surface area (TPSA) is 194 Å². The van der Waals surface area contributed by atoms with Gasteiger partial charge in [-0.2, -0.15) is 8.62 Å². The van der Waals surface area contributed by atoms with Gasteiger partial charge in [0.15, 0.2) is 5.78 Å². The van der Waals surface area contributed by atoms with Crippen LogP contribution in [0.25, 0.3) is 0 Å². The maximum atomic E-state index is 12.6. The predicted molar refractivity (Wildman–Crippen MR) is 95.6 cm³/mol. The number of hydrogen-bond acceptors (Lipinski definition) is 8. The van der Waals surface area contributed by atoms with E-state index in [1.165, 1.54) is 30.3 Å². The fourth-order valence-electron chi connectivity index (χ4n) is 2.05. The molecule has 12 nitrogen and oxygen atoms in total. The average Bonchev–Trinajstić information content (AvgIpc) is 2.58. The van der Waals surface area contributed by atoms with Crippen LogP contribution in [0, 0.1) is 0 Å². The maximum Gasteiger partial charge on any atom is 0.538 e. The normalized spacial score (nSPS) is 15.7. The monoisotopic (exact) mass is 466 g/mol. The number of phosphoric acid groups is 3. The van der Waals surface area contributed by atoms with E-state index in [4.69, 9.17) is 14.7 Å². The summed E-state index contributed by atoms with van der Waals surface area (Å²) >= 11 is 0. The molecule has 0 radical (unpaired) electrons. The lowest BCUT2D eigenvalue weighted by Crippen LogP contribution is -2.12. The average molecular weight is 466 g/mol. The highest BCUT2D eigenvalue weighted by Gasteiger charge is 2.42. The van der Waals surface area contributed by atoms with Gasteiger partial charge in [0.2, 0.25) is 0 Å². The van der Waals surface area contributed by atoms with Gasteiger partial charge in [-0.3, -0.25) is 9.69 Å². The number of rotatable bonds is 8. The first-order valence-corrected chi connectivity index (χ1v) is 11.9. The fraction of sp³-hybridized carbons (Fsp3) is 0. The molecule has 2 unspecified atom stereocenters. The minimum Gasteiger partial charge on any atom is -0.366 e. The van der Waals surface area contributed by atoms with Gasteiger partial charge in [-0.1, -0.05) is 48.5 Å². The van der Waals surface area contributed by atoms with Crippen molar-refractivity contribution >= 4 is 35.2 Å². The van der Waals surface area contributed by atoms with Crippen LogP contribution in [0.5, 0.6) is 0 Å². The van der Waals surface area contributed by atoms with Crippen LogP contribution >= 0.6 is 23.5 Å². The molecule has 0 saturated carbocycles. The Morgan fingerprint density at radius 2 is 1.21 bits per heavy atom. The highest BCUT2D eigenvalue weighted by atomic mass is 31.3. The van der Waals surface area contributed by atoms with E-state index in [1.54, 1.807) is 18.2 Å². The zero-order valence-electron chi connectivity index (χ0n) is 14.1. The number of phosphoric ester groups is 1. The van der Waals surface area contributed by atoms with Gasteiger partial charge in [-0.25, -0.2) is 18.5 Å². The predicted octanol–water partition coefficient (Wildman–Crippen LogP) is 2.40. The SMILES string of the molecule is O=C(OP(=O)(O)OP(=O)(O)OP(=O)(O)O)c1ccccc1C(=O)c1ccccc1. The van der Waals surface area contributed by atoms with Crippen LogP contribution in [0.4, 0.5) is 0 Å². The van der Waals surface area contributed by atoms with Crippen LogP contribution in [-0.2, 0) is 26.8 Å². The lowest BCUT2D eigenvalue weighted by atomic mass is 9.98. The molecule has 0 bridgehead atoms. The minimum absolute atomic E-state index is 0.200. The largest absolute Gasteiger partial charge is 0.538 e. The first-order valence-electron chi connectivity index (χ1n) is 7.36. The maximum absolute atomic E-state index is 12.6. The van der Waals surface area contributed by atoms with Crippen LogP contribution in [0.1, 0.15) is 26.3 Å². The molecule has 15 heteroatoms. The van der Waals surface area contributed by atoms with Crippen LogP contribution in [0.2, 0.25) is 0 Å². The van der Waals surface area contributed by atoms with Crippen LogP contribution in [-0.4, -0.2) is 31.3 Å². The molecule has 0 aromatic heterocycles. The molecule has 0 amide bonds. The van der Waals surface area contributed by atoms with E-state index in [-0.39, 0.29) is 11.1 Å².